The minimum atomic E-state index is 0.381. The van der Waals surface area contributed by atoms with Crippen molar-refractivity contribution in [3.8, 4) is 0 Å². The summed E-state index contributed by atoms with van der Waals surface area (Å²) in [5, 5.41) is 8.94. The van der Waals surface area contributed by atoms with Gasteiger partial charge in [-0.2, -0.15) is 0 Å². The number of rotatable bonds is 6. The van der Waals surface area contributed by atoms with Crippen LogP contribution in [0.3, 0.4) is 0 Å². The van der Waals surface area contributed by atoms with E-state index >= 15 is 0 Å². The van der Waals surface area contributed by atoms with Gasteiger partial charge in [0.15, 0.2) is 0 Å². The van der Waals surface area contributed by atoms with Crippen molar-refractivity contribution >= 4 is 0 Å². The van der Waals surface area contributed by atoms with Gasteiger partial charge >= 0.3 is 0 Å². The minimum absolute atomic E-state index is 0.381. The second-order valence-electron chi connectivity index (χ2n) is 11.3. The molecular formula is C26H44N4O3. The van der Waals surface area contributed by atoms with Gasteiger partial charge in [0.2, 0.25) is 11.8 Å². The van der Waals surface area contributed by atoms with Gasteiger partial charge in [0.1, 0.15) is 0 Å². The van der Waals surface area contributed by atoms with E-state index in [2.05, 4.69) is 10.2 Å². The fourth-order valence-corrected chi connectivity index (χ4v) is 6.46. The molecule has 0 amide bonds. The van der Waals surface area contributed by atoms with Crippen molar-refractivity contribution in [2.45, 2.75) is 151 Å². The Morgan fingerprint density at radius 1 is 0.485 bits per heavy atom. The zero-order chi connectivity index (χ0) is 22.6. The molecule has 0 spiro atoms. The second kappa shape index (κ2) is 11.1. The van der Waals surface area contributed by atoms with E-state index in [1.807, 2.05) is 0 Å². The van der Waals surface area contributed by atoms with Crippen LogP contribution in [0.15, 0.2) is 4.42 Å². The maximum atomic E-state index is 6.39. The van der Waals surface area contributed by atoms with Crippen molar-refractivity contribution in [1.29, 1.82) is 0 Å². The Balaban J connectivity index is 1.03. The first kappa shape index (κ1) is 23.7. The van der Waals surface area contributed by atoms with Crippen LogP contribution >= 0.6 is 0 Å². The summed E-state index contributed by atoms with van der Waals surface area (Å²) < 4.78 is 19.0. The molecular weight excluding hydrogens is 416 g/mol. The molecule has 1 aromatic rings. The molecule has 4 aliphatic rings. The summed E-state index contributed by atoms with van der Waals surface area (Å²) in [6, 6.07) is 0.762. The van der Waals surface area contributed by atoms with Crippen LogP contribution in [0.4, 0.5) is 0 Å². The van der Waals surface area contributed by atoms with E-state index in [9.17, 15) is 0 Å². The van der Waals surface area contributed by atoms with E-state index in [1.54, 1.807) is 0 Å². The van der Waals surface area contributed by atoms with Crippen molar-refractivity contribution in [2.24, 2.45) is 11.5 Å². The fraction of sp³-hybridized carbons (Fsp3) is 0.923. The number of hydrogen-bond acceptors (Lipinski definition) is 7. The van der Waals surface area contributed by atoms with Gasteiger partial charge in [0, 0.05) is 23.9 Å². The number of nitrogens with two attached hydrogens (primary N) is 2. The van der Waals surface area contributed by atoms with Crippen molar-refractivity contribution in [3.05, 3.63) is 11.8 Å². The second-order valence-corrected chi connectivity index (χ2v) is 11.3. The first-order valence-electron chi connectivity index (χ1n) is 13.8. The summed E-state index contributed by atoms with van der Waals surface area (Å²) in [4.78, 5) is 0. The molecule has 5 rings (SSSR count). The monoisotopic (exact) mass is 460 g/mol. The Hall–Kier alpha value is -1.02. The molecule has 0 radical (unpaired) electrons. The molecule has 4 saturated carbocycles. The predicted octanol–water partition coefficient (Wildman–Crippen LogP) is 4.70. The Bertz CT molecular complexity index is 652. The zero-order valence-electron chi connectivity index (χ0n) is 20.2. The van der Waals surface area contributed by atoms with Gasteiger partial charge in [-0.3, -0.25) is 0 Å². The first-order valence-corrected chi connectivity index (χ1v) is 13.8. The van der Waals surface area contributed by atoms with Crippen LogP contribution in [0, 0.1) is 0 Å². The quantitative estimate of drug-likeness (QED) is 0.633. The minimum Gasteiger partial charge on any atom is -0.425 e. The Morgan fingerprint density at radius 3 is 1.12 bits per heavy atom. The molecule has 1 aromatic heterocycles. The third kappa shape index (κ3) is 6.36. The van der Waals surface area contributed by atoms with Gasteiger partial charge in [0.25, 0.3) is 0 Å². The van der Waals surface area contributed by atoms with Crippen LogP contribution in [0.2, 0.25) is 0 Å². The van der Waals surface area contributed by atoms with E-state index in [0.29, 0.717) is 48.3 Å². The molecule has 4 fully saturated rings. The molecule has 4 aliphatic carbocycles. The first-order chi connectivity index (χ1) is 16.1. The van der Waals surface area contributed by atoms with Gasteiger partial charge in [-0.05, 0) is 103 Å². The molecule has 0 atom stereocenters. The molecule has 4 N–H and O–H groups in total. The summed E-state index contributed by atoms with van der Waals surface area (Å²) >= 11 is 0. The zero-order valence-corrected chi connectivity index (χ0v) is 20.2. The van der Waals surface area contributed by atoms with Crippen LogP contribution in [0.5, 0.6) is 0 Å². The van der Waals surface area contributed by atoms with Crippen molar-refractivity contribution in [2.75, 3.05) is 0 Å². The lowest BCUT2D eigenvalue weighted by Gasteiger charge is -2.33. The molecule has 7 heteroatoms. The molecule has 1 heterocycles. The normalized spacial score (nSPS) is 40.5. The molecule has 0 bridgehead atoms. The number of nitrogens with zero attached hydrogens (tertiary/aromatic N) is 2. The van der Waals surface area contributed by atoms with Crippen molar-refractivity contribution < 1.29 is 13.9 Å². The third-order valence-electron chi connectivity index (χ3n) is 8.71. The lowest BCUT2D eigenvalue weighted by molar-refractivity contribution is -0.0504. The molecule has 0 saturated heterocycles. The van der Waals surface area contributed by atoms with E-state index in [0.717, 1.165) is 115 Å². The maximum Gasteiger partial charge on any atom is 0.219 e. The average molecular weight is 461 g/mol. The maximum absolute atomic E-state index is 6.39. The molecule has 0 unspecified atom stereocenters. The van der Waals surface area contributed by atoms with Crippen LogP contribution in [-0.2, 0) is 9.47 Å². The Labute approximate surface area is 198 Å². The summed E-state index contributed by atoms with van der Waals surface area (Å²) in [5.74, 6) is 2.49. The smallest absolute Gasteiger partial charge is 0.219 e. The molecule has 186 valence electrons. The van der Waals surface area contributed by atoms with Gasteiger partial charge in [-0.15, -0.1) is 10.2 Å². The number of aromatic nitrogens is 2. The SMILES string of the molecule is NC1CCC(OC2CCC(c3nnc(C4CCC(OC5CCC(N)CC5)CC4)o3)CC2)CC1. The highest BCUT2D eigenvalue weighted by atomic mass is 16.5. The Kier molecular flexibility index (Phi) is 8.01. The highest BCUT2D eigenvalue weighted by Crippen LogP contribution is 2.38. The standard InChI is InChI=1S/C26H44N4O3/c27-19-5-13-23(14-6-19)31-21-9-1-17(2-10-21)25-29-30-26(33-25)18-3-11-22(12-4-18)32-24-15-7-20(28)8-16-24/h17-24H,1-16,27-28H2. The molecule has 33 heavy (non-hydrogen) atoms. The largest absolute Gasteiger partial charge is 0.425 e. The highest BCUT2D eigenvalue weighted by Gasteiger charge is 2.32. The molecule has 7 nitrogen and oxygen atoms in total. The topological polar surface area (TPSA) is 109 Å². The summed E-state index contributed by atoms with van der Waals surface area (Å²) in [6.45, 7) is 0. The van der Waals surface area contributed by atoms with E-state index in [1.165, 1.54) is 0 Å². The third-order valence-corrected chi connectivity index (χ3v) is 8.71. The van der Waals surface area contributed by atoms with Gasteiger partial charge in [-0.1, -0.05) is 0 Å². The van der Waals surface area contributed by atoms with Gasteiger partial charge < -0.3 is 25.4 Å². The predicted molar refractivity (Wildman–Crippen MR) is 127 cm³/mol. The van der Waals surface area contributed by atoms with E-state index in [4.69, 9.17) is 25.4 Å². The van der Waals surface area contributed by atoms with Crippen molar-refractivity contribution in [1.82, 2.24) is 10.2 Å². The van der Waals surface area contributed by atoms with Crippen LogP contribution < -0.4 is 11.5 Å². The molecule has 0 aromatic carbocycles. The summed E-state index contributed by atoms with van der Waals surface area (Å²) in [6.07, 6.45) is 19.2. The number of ether oxygens (including phenoxy) is 2. The van der Waals surface area contributed by atoms with Gasteiger partial charge in [0.05, 0.1) is 24.4 Å². The average Bonchev–Trinajstić information content (AvgIpc) is 3.33. The van der Waals surface area contributed by atoms with Crippen LogP contribution in [-0.4, -0.2) is 46.7 Å². The number of hydrogen-bond donors (Lipinski definition) is 2. The van der Waals surface area contributed by atoms with Gasteiger partial charge in [-0.25, -0.2) is 0 Å². The lowest BCUT2D eigenvalue weighted by atomic mass is 9.86. The van der Waals surface area contributed by atoms with Crippen molar-refractivity contribution in [3.63, 3.8) is 0 Å². The summed E-state index contributed by atoms with van der Waals surface area (Å²) in [7, 11) is 0. The van der Waals surface area contributed by atoms with Crippen LogP contribution in [0.1, 0.15) is 126 Å². The lowest BCUT2D eigenvalue weighted by Crippen LogP contribution is -2.33. The van der Waals surface area contributed by atoms with E-state index in [-0.39, 0.29) is 0 Å². The summed E-state index contributed by atoms with van der Waals surface area (Å²) in [5.41, 5.74) is 12.1. The fourth-order valence-electron chi connectivity index (χ4n) is 6.46. The highest BCUT2D eigenvalue weighted by molar-refractivity contribution is 4.99. The van der Waals surface area contributed by atoms with E-state index < -0.39 is 0 Å². The molecule has 0 aliphatic heterocycles. The Morgan fingerprint density at radius 2 is 0.788 bits per heavy atom. The van der Waals surface area contributed by atoms with Crippen LogP contribution in [0.25, 0.3) is 0 Å².